The summed E-state index contributed by atoms with van der Waals surface area (Å²) in [6.07, 6.45) is 1.29. The molecule has 2 amide bonds. The lowest BCUT2D eigenvalue weighted by Crippen LogP contribution is -2.46. The summed E-state index contributed by atoms with van der Waals surface area (Å²) in [5.41, 5.74) is 0.835. The minimum Gasteiger partial charge on any atom is -0.497 e. The van der Waals surface area contributed by atoms with Crippen molar-refractivity contribution < 1.29 is 19.1 Å². The summed E-state index contributed by atoms with van der Waals surface area (Å²) in [6.45, 7) is 1.10. The van der Waals surface area contributed by atoms with E-state index in [0.717, 1.165) is 0 Å². The van der Waals surface area contributed by atoms with Gasteiger partial charge in [0.1, 0.15) is 11.3 Å². The van der Waals surface area contributed by atoms with E-state index in [2.05, 4.69) is 5.32 Å². The van der Waals surface area contributed by atoms with Crippen molar-refractivity contribution in [3.05, 3.63) is 57.6 Å². The molecule has 2 aromatic carbocycles. The number of carbonyl (C=O) groups is 2. The van der Waals surface area contributed by atoms with Gasteiger partial charge in [-0.2, -0.15) is 0 Å². The van der Waals surface area contributed by atoms with E-state index in [-0.39, 0.29) is 34.2 Å². The van der Waals surface area contributed by atoms with E-state index in [1.54, 1.807) is 48.4 Å². The molecule has 29 heavy (non-hydrogen) atoms. The summed E-state index contributed by atoms with van der Waals surface area (Å²) < 4.78 is 10.4. The molecule has 154 valence electrons. The molecule has 0 unspecified atom stereocenters. The van der Waals surface area contributed by atoms with Gasteiger partial charge in [0, 0.05) is 24.7 Å². The zero-order valence-corrected chi connectivity index (χ0v) is 17.7. The minimum absolute atomic E-state index is 0.0306. The highest BCUT2D eigenvalue weighted by atomic mass is 35.5. The zero-order valence-electron chi connectivity index (χ0n) is 16.2. The van der Waals surface area contributed by atoms with Crippen molar-refractivity contribution in [1.29, 1.82) is 0 Å². The van der Waals surface area contributed by atoms with Crippen LogP contribution in [0.3, 0.4) is 0 Å². The van der Waals surface area contributed by atoms with Crippen molar-refractivity contribution in [2.45, 2.75) is 18.9 Å². The summed E-state index contributed by atoms with van der Waals surface area (Å²) in [5, 5.41) is 3.57. The Bertz CT molecular complexity index is 894. The predicted molar refractivity (Wildman–Crippen MR) is 112 cm³/mol. The summed E-state index contributed by atoms with van der Waals surface area (Å²) in [5.74, 6) is 0.591. The predicted octanol–water partition coefficient (Wildman–Crippen LogP) is 4.05. The molecule has 2 aromatic rings. The fraction of sp³-hybridized carbons (Fsp3) is 0.333. The largest absolute Gasteiger partial charge is 0.497 e. The van der Waals surface area contributed by atoms with Crippen LogP contribution >= 0.6 is 23.2 Å². The number of nitrogens with zero attached hydrogens (tertiary/aromatic N) is 1. The van der Waals surface area contributed by atoms with Crippen molar-refractivity contribution in [1.82, 2.24) is 10.2 Å². The lowest BCUT2D eigenvalue weighted by Gasteiger charge is -2.32. The van der Waals surface area contributed by atoms with Crippen molar-refractivity contribution >= 4 is 35.0 Å². The number of benzene rings is 2. The standard InChI is InChI=1S/C21H22Cl2N2O4/c1-28-15-5-3-13(4-6-15)21(27)25-11-9-14(10-12-25)24-20(26)18-16(22)7-8-17(23)19(18)29-2/h3-8,14H,9-12H2,1-2H3,(H,24,26). The van der Waals surface area contributed by atoms with Crippen LogP contribution < -0.4 is 14.8 Å². The van der Waals surface area contributed by atoms with Gasteiger partial charge >= 0.3 is 0 Å². The van der Waals surface area contributed by atoms with Crippen LogP contribution in [0.1, 0.15) is 33.6 Å². The van der Waals surface area contributed by atoms with Crippen molar-refractivity contribution in [3.8, 4) is 11.5 Å². The number of hydrogen-bond acceptors (Lipinski definition) is 4. The van der Waals surface area contributed by atoms with E-state index in [9.17, 15) is 9.59 Å². The van der Waals surface area contributed by atoms with Gasteiger partial charge in [0.2, 0.25) is 0 Å². The average molecular weight is 437 g/mol. The first kappa shape index (κ1) is 21.3. The lowest BCUT2D eigenvalue weighted by atomic mass is 10.0. The van der Waals surface area contributed by atoms with Gasteiger partial charge in [-0.25, -0.2) is 0 Å². The van der Waals surface area contributed by atoms with Crippen LogP contribution in [0.15, 0.2) is 36.4 Å². The van der Waals surface area contributed by atoms with Crippen molar-refractivity contribution in [2.24, 2.45) is 0 Å². The quantitative estimate of drug-likeness (QED) is 0.767. The molecule has 0 aliphatic carbocycles. The molecule has 1 aliphatic heterocycles. The fourth-order valence-electron chi connectivity index (χ4n) is 3.35. The third kappa shape index (κ3) is 4.77. The maximum Gasteiger partial charge on any atom is 0.256 e. The van der Waals surface area contributed by atoms with Crippen molar-refractivity contribution in [2.75, 3.05) is 27.3 Å². The second-order valence-corrected chi connectivity index (χ2v) is 7.52. The summed E-state index contributed by atoms with van der Waals surface area (Å²) in [6, 6.07) is 10.1. The van der Waals surface area contributed by atoms with Gasteiger partial charge in [-0.3, -0.25) is 9.59 Å². The van der Waals surface area contributed by atoms with Crippen LogP contribution in [0.4, 0.5) is 0 Å². The van der Waals surface area contributed by atoms with E-state index in [1.807, 2.05) is 0 Å². The Labute approximate surface area is 179 Å². The number of amides is 2. The molecule has 6 nitrogen and oxygen atoms in total. The zero-order chi connectivity index (χ0) is 21.0. The molecule has 1 saturated heterocycles. The molecule has 3 rings (SSSR count). The number of hydrogen-bond donors (Lipinski definition) is 1. The molecule has 0 atom stereocenters. The molecule has 0 radical (unpaired) electrons. The Morgan fingerprint density at radius 1 is 0.966 bits per heavy atom. The number of nitrogens with one attached hydrogen (secondary N) is 1. The van der Waals surface area contributed by atoms with E-state index >= 15 is 0 Å². The maximum absolute atomic E-state index is 12.7. The van der Waals surface area contributed by atoms with E-state index < -0.39 is 0 Å². The van der Waals surface area contributed by atoms with Crippen molar-refractivity contribution in [3.63, 3.8) is 0 Å². The van der Waals surface area contributed by atoms with Gasteiger partial charge < -0.3 is 19.7 Å². The second-order valence-electron chi connectivity index (χ2n) is 6.71. The van der Waals surface area contributed by atoms with E-state index in [1.165, 1.54) is 7.11 Å². The number of piperidine rings is 1. The molecule has 0 bridgehead atoms. The number of carbonyl (C=O) groups excluding carboxylic acids is 2. The van der Waals surface area contributed by atoms with Gasteiger partial charge in [0.05, 0.1) is 24.3 Å². The van der Waals surface area contributed by atoms with Gasteiger partial charge in [0.25, 0.3) is 11.8 Å². The molecular formula is C21H22Cl2N2O4. The third-order valence-corrected chi connectivity index (χ3v) is 5.56. The van der Waals surface area contributed by atoms with Gasteiger partial charge in [-0.15, -0.1) is 0 Å². The SMILES string of the molecule is COc1ccc(C(=O)N2CCC(NC(=O)c3c(Cl)ccc(Cl)c3OC)CC2)cc1. The fourth-order valence-corrected chi connectivity index (χ4v) is 3.81. The number of methoxy groups -OCH3 is 2. The normalized spacial score (nSPS) is 14.4. The summed E-state index contributed by atoms with van der Waals surface area (Å²) in [7, 11) is 3.03. The minimum atomic E-state index is -0.339. The van der Waals surface area contributed by atoms with Crippen LogP contribution in [-0.4, -0.2) is 50.1 Å². The van der Waals surface area contributed by atoms with E-state index in [0.29, 0.717) is 42.3 Å². The molecule has 0 spiro atoms. The molecule has 1 N–H and O–H groups in total. The Morgan fingerprint density at radius 3 is 2.17 bits per heavy atom. The monoisotopic (exact) mass is 436 g/mol. The average Bonchev–Trinajstić information content (AvgIpc) is 2.75. The molecule has 1 heterocycles. The third-order valence-electron chi connectivity index (χ3n) is 4.94. The van der Waals surface area contributed by atoms with Crippen LogP contribution in [0, 0.1) is 0 Å². The maximum atomic E-state index is 12.7. The molecule has 8 heteroatoms. The van der Waals surface area contributed by atoms with Gasteiger partial charge in [-0.1, -0.05) is 23.2 Å². The highest BCUT2D eigenvalue weighted by Crippen LogP contribution is 2.34. The van der Waals surface area contributed by atoms with Gasteiger partial charge in [-0.05, 0) is 49.2 Å². The Balaban J connectivity index is 1.60. The Kier molecular flexibility index (Phi) is 6.87. The number of ether oxygens (including phenoxy) is 2. The summed E-state index contributed by atoms with van der Waals surface area (Å²) in [4.78, 5) is 27.2. The highest BCUT2D eigenvalue weighted by Gasteiger charge is 2.27. The Morgan fingerprint density at radius 2 is 1.59 bits per heavy atom. The van der Waals surface area contributed by atoms with Gasteiger partial charge in [0.15, 0.2) is 5.75 Å². The first-order valence-corrected chi connectivity index (χ1v) is 9.96. The number of likely N-dealkylation sites (tertiary alicyclic amines) is 1. The second kappa shape index (κ2) is 9.37. The molecule has 0 saturated carbocycles. The first-order valence-electron chi connectivity index (χ1n) is 9.20. The van der Waals surface area contributed by atoms with Crippen LogP contribution in [-0.2, 0) is 0 Å². The number of halogens is 2. The van der Waals surface area contributed by atoms with E-state index in [4.69, 9.17) is 32.7 Å². The molecule has 0 aromatic heterocycles. The molecule has 1 fully saturated rings. The molecule has 1 aliphatic rings. The Hall–Kier alpha value is -2.44. The van der Waals surface area contributed by atoms with Crippen LogP contribution in [0.25, 0.3) is 0 Å². The summed E-state index contributed by atoms with van der Waals surface area (Å²) >= 11 is 12.3. The van der Waals surface area contributed by atoms with Crippen LogP contribution in [0.2, 0.25) is 10.0 Å². The van der Waals surface area contributed by atoms with Crippen LogP contribution in [0.5, 0.6) is 11.5 Å². The topological polar surface area (TPSA) is 67.9 Å². The number of rotatable bonds is 5. The smallest absolute Gasteiger partial charge is 0.256 e. The first-order chi connectivity index (χ1) is 13.9. The highest BCUT2D eigenvalue weighted by molar-refractivity contribution is 6.37. The molecular weight excluding hydrogens is 415 g/mol. The lowest BCUT2D eigenvalue weighted by molar-refractivity contribution is 0.0698.